The summed E-state index contributed by atoms with van der Waals surface area (Å²) in [5, 5.41) is 39.1. The van der Waals surface area contributed by atoms with E-state index in [0.29, 0.717) is 0 Å². The standard InChI is InChI=1S/C18H36O6/c1-3-5-7-9-11-13(10-8-6-4-2)23-18-17(22)16(21)15(20)14(12-19)24-18/h13-22H,3-12H2,1-2H3/t13?,14-,15-,16+,17-,18-/m1/s1. The maximum absolute atomic E-state index is 10.1. The van der Waals surface area contributed by atoms with Crippen molar-refractivity contribution in [3.63, 3.8) is 0 Å². The van der Waals surface area contributed by atoms with Crippen LogP contribution in [0.3, 0.4) is 0 Å². The van der Waals surface area contributed by atoms with E-state index in [4.69, 9.17) is 9.47 Å². The molecular formula is C18H36O6. The van der Waals surface area contributed by atoms with Crippen molar-refractivity contribution in [2.24, 2.45) is 0 Å². The third kappa shape index (κ3) is 6.94. The van der Waals surface area contributed by atoms with Crippen LogP contribution in [0.4, 0.5) is 0 Å². The van der Waals surface area contributed by atoms with Gasteiger partial charge in [-0.1, -0.05) is 58.8 Å². The van der Waals surface area contributed by atoms with Crippen molar-refractivity contribution < 1.29 is 29.9 Å². The Morgan fingerprint density at radius 1 is 0.833 bits per heavy atom. The van der Waals surface area contributed by atoms with Gasteiger partial charge < -0.3 is 29.9 Å². The number of unbranched alkanes of at least 4 members (excludes halogenated alkanes) is 5. The van der Waals surface area contributed by atoms with Crippen LogP contribution in [-0.4, -0.2) is 63.8 Å². The molecule has 0 saturated carbocycles. The summed E-state index contributed by atoms with van der Waals surface area (Å²) >= 11 is 0. The van der Waals surface area contributed by atoms with Crippen LogP contribution < -0.4 is 0 Å². The van der Waals surface area contributed by atoms with Gasteiger partial charge in [-0.05, 0) is 12.8 Å². The molecule has 0 aromatic carbocycles. The summed E-state index contributed by atoms with van der Waals surface area (Å²) < 4.78 is 11.4. The predicted molar refractivity (Wildman–Crippen MR) is 91.5 cm³/mol. The number of hydrogen-bond donors (Lipinski definition) is 4. The molecule has 0 aromatic heterocycles. The van der Waals surface area contributed by atoms with Gasteiger partial charge in [-0.25, -0.2) is 0 Å². The van der Waals surface area contributed by atoms with Gasteiger partial charge in [-0.2, -0.15) is 0 Å². The molecule has 1 saturated heterocycles. The average molecular weight is 348 g/mol. The first-order valence-corrected chi connectivity index (χ1v) is 9.51. The fourth-order valence-corrected chi connectivity index (χ4v) is 3.07. The van der Waals surface area contributed by atoms with Gasteiger partial charge in [0.25, 0.3) is 0 Å². The van der Waals surface area contributed by atoms with Crippen LogP contribution in [0.15, 0.2) is 0 Å². The summed E-state index contributed by atoms with van der Waals surface area (Å²) in [6, 6.07) is 0. The molecule has 0 aromatic rings. The van der Waals surface area contributed by atoms with Gasteiger partial charge in [0.05, 0.1) is 12.7 Å². The second-order valence-electron chi connectivity index (χ2n) is 6.80. The summed E-state index contributed by atoms with van der Waals surface area (Å²) in [6.45, 7) is 3.89. The molecule has 1 aliphatic rings. The molecule has 6 atom stereocenters. The van der Waals surface area contributed by atoms with Crippen molar-refractivity contribution in [2.75, 3.05) is 6.61 Å². The van der Waals surface area contributed by atoms with E-state index in [9.17, 15) is 20.4 Å². The van der Waals surface area contributed by atoms with Crippen LogP contribution >= 0.6 is 0 Å². The highest BCUT2D eigenvalue weighted by Gasteiger charge is 2.44. The van der Waals surface area contributed by atoms with Crippen molar-refractivity contribution in [1.29, 1.82) is 0 Å². The third-order valence-electron chi connectivity index (χ3n) is 4.68. The second-order valence-corrected chi connectivity index (χ2v) is 6.80. The predicted octanol–water partition coefficient (Wildman–Crippen LogP) is 1.72. The molecule has 1 aliphatic heterocycles. The number of aliphatic hydroxyl groups excluding tert-OH is 4. The average Bonchev–Trinajstić information content (AvgIpc) is 2.58. The molecule has 0 bridgehead atoms. The van der Waals surface area contributed by atoms with Crippen molar-refractivity contribution >= 4 is 0 Å². The SMILES string of the molecule is CCCCCCC(CCCCC)O[C@@H]1O[C@H](CO)[C@@H](O)[C@H](O)[C@H]1O. The minimum atomic E-state index is -1.38. The van der Waals surface area contributed by atoms with E-state index in [2.05, 4.69) is 13.8 Å². The van der Waals surface area contributed by atoms with Gasteiger partial charge in [0.1, 0.15) is 24.4 Å². The fourth-order valence-electron chi connectivity index (χ4n) is 3.07. The van der Waals surface area contributed by atoms with Crippen LogP contribution in [0, 0.1) is 0 Å². The lowest BCUT2D eigenvalue weighted by Crippen LogP contribution is -2.59. The van der Waals surface area contributed by atoms with Crippen LogP contribution in [0.2, 0.25) is 0 Å². The Hall–Kier alpha value is -0.240. The lowest BCUT2D eigenvalue weighted by Gasteiger charge is -2.41. The normalized spacial score (nSPS) is 32.0. The molecule has 4 N–H and O–H groups in total. The molecule has 1 fully saturated rings. The van der Waals surface area contributed by atoms with E-state index in [1.165, 1.54) is 12.8 Å². The Balaban J connectivity index is 2.57. The summed E-state index contributed by atoms with van der Waals surface area (Å²) in [4.78, 5) is 0. The number of ether oxygens (including phenoxy) is 2. The smallest absolute Gasteiger partial charge is 0.186 e. The number of hydrogen-bond acceptors (Lipinski definition) is 6. The van der Waals surface area contributed by atoms with Gasteiger partial charge in [0.2, 0.25) is 0 Å². The molecule has 1 heterocycles. The van der Waals surface area contributed by atoms with E-state index in [1.54, 1.807) is 0 Å². The van der Waals surface area contributed by atoms with Gasteiger partial charge in [0.15, 0.2) is 6.29 Å². The highest BCUT2D eigenvalue weighted by molar-refractivity contribution is 4.89. The Morgan fingerprint density at radius 2 is 1.42 bits per heavy atom. The molecule has 1 rings (SSSR count). The van der Waals surface area contributed by atoms with Gasteiger partial charge >= 0.3 is 0 Å². The van der Waals surface area contributed by atoms with E-state index in [-0.39, 0.29) is 6.10 Å². The first-order chi connectivity index (χ1) is 11.5. The van der Waals surface area contributed by atoms with Gasteiger partial charge in [-0.15, -0.1) is 0 Å². The summed E-state index contributed by atoms with van der Waals surface area (Å²) in [7, 11) is 0. The second kappa shape index (κ2) is 12.2. The summed E-state index contributed by atoms with van der Waals surface area (Å²) in [5.41, 5.74) is 0. The first-order valence-electron chi connectivity index (χ1n) is 9.51. The lowest BCUT2D eigenvalue weighted by atomic mass is 9.99. The van der Waals surface area contributed by atoms with E-state index < -0.39 is 37.3 Å². The van der Waals surface area contributed by atoms with E-state index >= 15 is 0 Å². The van der Waals surface area contributed by atoms with Crippen LogP contribution in [0.5, 0.6) is 0 Å². The Labute approximate surface area is 145 Å². The minimum Gasteiger partial charge on any atom is -0.394 e. The maximum atomic E-state index is 10.1. The van der Waals surface area contributed by atoms with Crippen LogP contribution in [0.25, 0.3) is 0 Å². The maximum Gasteiger partial charge on any atom is 0.186 e. The molecule has 0 radical (unpaired) electrons. The van der Waals surface area contributed by atoms with E-state index in [0.717, 1.165) is 44.9 Å². The van der Waals surface area contributed by atoms with Gasteiger partial charge in [0, 0.05) is 0 Å². The molecule has 0 amide bonds. The van der Waals surface area contributed by atoms with Gasteiger partial charge in [-0.3, -0.25) is 0 Å². The Bertz CT molecular complexity index is 312. The third-order valence-corrected chi connectivity index (χ3v) is 4.68. The van der Waals surface area contributed by atoms with Crippen molar-refractivity contribution in [2.45, 2.75) is 108 Å². The molecule has 0 aliphatic carbocycles. The Morgan fingerprint density at radius 3 is 2.00 bits per heavy atom. The largest absolute Gasteiger partial charge is 0.394 e. The zero-order valence-electron chi connectivity index (χ0n) is 15.1. The van der Waals surface area contributed by atoms with Crippen molar-refractivity contribution in [3.8, 4) is 0 Å². The topological polar surface area (TPSA) is 99.4 Å². The molecule has 6 heteroatoms. The zero-order valence-corrected chi connectivity index (χ0v) is 15.1. The molecule has 6 nitrogen and oxygen atoms in total. The molecular weight excluding hydrogens is 312 g/mol. The first kappa shape index (κ1) is 21.8. The lowest BCUT2D eigenvalue weighted by molar-refractivity contribution is -0.312. The summed E-state index contributed by atoms with van der Waals surface area (Å²) in [5.74, 6) is 0. The quantitative estimate of drug-likeness (QED) is 0.401. The fraction of sp³-hybridized carbons (Fsp3) is 1.00. The molecule has 0 spiro atoms. The van der Waals surface area contributed by atoms with Crippen molar-refractivity contribution in [3.05, 3.63) is 0 Å². The minimum absolute atomic E-state index is 0.0464. The van der Waals surface area contributed by atoms with E-state index in [1.807, 2.05) is 0 Å². The molecule has 24 heavy (non-hydrogen) atoms. The molecule has 144 valence electrons. The Kier molecular flexibility index (Phi) is 11.1. The highest BCUT2D eigenvalue weighted by Crippen LogP contribution is 2.25. The zero-order chi connectivity index (χ0) is 17.9. The summed E-state index contributed by atoms with van der Waals surface area (Å²) in [6.07, 6.45) is 3.65. The van der Waals surface area contributed by atoms with Crippen LogP contribution in [0.1, 0.15) is 71.6 Å². The monoisotopic (exact) mass is 348 g/mol. The van der Waals surface area contributed by atoms with Crippen molar-refractivity contribution in [1.82, 2.24) is 0 Å². The number of aliphatic hydroxyl groups is 4. The molecule has 1 unspecified atom stereocenters. The number of rotatable bonds is 12. The highest BCUT2D eigenvalue weighted by atomic mass is 16.7. The van der Waals surface area contributed by atoms with Crippen LogP contribution in [-0.2, 0) is 9.47 Å².